The van der Waals surface area contributed by atoms with E-state index in [1.165, 1.54) is 6.07 Å². The van der Waals surface area contributed by atoms with Crippen molar-refractivity contribution in [1.29, 1.82) is 0 Å². The summed E-state index contributed by atoms with van der Waals surface area (Å²) >= 11 is 0. The first-order valence-electron chi connectivity index (χ1n) is 14.0. The van der Waals surface area contributed by atoms with Gasteiger partial charge < -0.3 is 20.3 Å². The molecule has 2 aromatic heterocycles. The van der Waals surface area contributed by atoms with Crippen molar-refractivity contribution in [2.45, 2.75) is 57.4 Å². The molecule has 3 aromatic rings. The van der Waals surface area contributed by atoms with E-state index in [4.69, 9.17) is 4.74 Å². The van der Waals surface area contributed by atoms with Gasteiger partial charge in [-0.05, 0) is 56.9 Å². The lowest BCUT2D eigenvalue weighted by molar-refractivity contribution is -0.195. The third kappa shape index (κ3) is 6.87. The maximum absolute atomic E-state index is 13.8. The molecule has 13 heteroatoms. The molecule has 3 heterocycles. The zero-order valence-corrected chi connectivity index (χ0v) is 24.3. The zero-order chi connectivity index (χ0) is 31.4. The quantitative estimate of drug-likeness (QED) is 0.334. The van der Waals surface area contributed by atoms with Crippen LogP contribution in [-0.2, 0) is 19.9 Å². The summed E-state index contributed by atoms with van der Waals surface area (Å²) in [5, 5.41) is 6.41. The zero-order valence-electron chi connectivity index (χ0n) is 24.3. The third-order valence-electron chi connectivity index (χ3n) is 7.62. The van der Waals surface area contributed by atoms with Gasteiger partial charge >= 0.3 is 12.1 Å². The maximum Gasteiger partial charge on any atom is 0.471 e. The van der Waals surface area contributed by atoms with Gasteiger partial charge in [0.05, 0.1) is 11.6 Å². The lowest BCUT2D eigenvalue weighted by atomic mass is 9.80. The van der Waals surface area contributed by atoms with Gasteiger partial charge in [0.2, 0.25) is 11.9 Å². The molecule has 0 bridgehead atoms. The number of ether oxygens (including phenoxy) is 1. The van der Waals surface area contributed by atoms with E-state index in [2.05, 4.69) is 27.2 Å². The van der Waals surface area contributed by atoms with E-state index in [-0.39, 0.29) is 56.8 Å². The summed E-state index contributed by atoms with van der Waals surface area (Å²) in [6, 6.07) is 9.75. The number of alkyl halides is 3. The number of halogens is 3. The molecule has 43 heavy (non-hydrogen) atoms. The molecule has 1 fully saturated rings. The van der Waals surface area contributed by atoms with Crippen molar-refractivity contribution >= 4 is 28.8 Å². The largest absolute Gasteiger partial charge is 0.471 e. The topological polar surface area (TPSA) is 118 Å². The minimum Gasteiger partial charge on any atom is -0.381 e. The Labute approximate surface area is 247 Å². The number of pyridine rings is 1. The van der Waals surface area contributed by atoms with Crippen LogP contribution < -0.4 is 16.2 Å². The van der Waals surface area contributed by atoms with E-state index in [1.54, 1.807) is 41.1 Å². The Morgan fingerprint density at radius 1 is 1.14 bits per heavy atom. The SMILES string of the molecule is C=CC(=O)NCCN(C(=O)C(F)(F)F)C1(c2ccc([C@H](C)Nc3ncc4ccc(=O)n(C(C)C)c4n3)cc2)CCOCC1. The average molecular weight is 601 g/mol. The van der Waals surface area contributed by atoms with Gasteiger partial charge in [0, 0.05) is 50.0 Å². The summed E-state index contributed by atoms with van der Waals surface area (Å²) in [7, 11) is 0. The Bertz CT molecular complexity index is 1530. The van der Waals surface area contributed by atoms with E-state index >= 15 is 0 Å². The van der Waals surface area contributed by atoms with Crippen LogP contribution in [0.3, 0.4) is 0 Å². The molecule has 2 amide bonds. The molecule has 4 rings (SSSR count). The molecular formula is C30H35F3N6O4. The number of rotatable bonds is 10. The highest BCUT2D eigenvalue weighted by atomic mass is 19.4. The van der Waals surface area contributed by atoms with E-state index in [1.807, 2.05) is 20.8 Å². The second kappa shape index (κ2) is 12.9. The highest BCUT2D eigenvalue weighted by molar-refractivity contribution is 5.87. The average Bonchev–Trinajstić information content (AvgIpc) is 2.98. The summed E-state index contributed by atoms with van der Waals surface area (Å²) < 4.78 is 48.4. The van der Waals surface area contributed by atoms with Crippen molar-refractivity contribution in [1.82, 2.24) is 24.8 Å². The molecule has 0 saturated carbocycles. The molecule has 0 unspecified atom stereocenters. The summed E-state index contributed by atoms with van der Waals surface area (Å²) in [4.78, 5) is 46.6. The number of anilines is 1. The molecule has 10 nitrogen and oxygen atoms in total. The first-order valence-corrected chi connectivity index (χ1v) is 14.0. The molecule has 0 spiro atoms. The van der Waals surface area contributed by atoms with E-state index < -0.39 is 23.5 Å². The first-order chi connectivity index (χ1) is 20.4. The van der Waals surface area contributed by atoms with E-state index in [9.17, 15) is 27.6 Å². The predicted octanol–water partition coefficient (Wildman–Crippen LogP) is 4.24. The van der Waals surface area contributed by atoms with Crippen LogP contribution in [0.1, 0.15) is 56.8 Å². The molecular weight excluding hydrogens is 565 g/mol. The Morgan fingerprint density at radius 2 is 1.81 bits per heavy atom. The van der Waals surface area contributed by atoms with Crippen LogP contribution >= 0.6 is 0 Å². The fourth-order valence-corrected chi connectivity index (χ4v) is 5.42. The van der Waals surface area contributed by atoms with Crippen molar-refractivity contribution in [3.05, 3.63) is 76.7 Å². The number of benzene rings is 1. The van der Waals surface area contributed by atoms with Crippen LogP contribution in [0.5, 0.6) is 0 Å². The number of carbonyl (C=O) groups excluding carboxylic acids is 2. The highest BCUT2D eigenvalue weighted by Crippen LogP contribution is 2.41. The molecule has 1 aromatic carbocycles. The highest BCUT2D eigenvalue weighted by Gasteiger charge is 2.51. The summed E-state index contributed by atoms with van der Waals surface area (Å²) in [5.41, 5.74) is 0.376. The normalized spacial score (nSPS) is 15.6. The van der Waals surface area contributed by atoms with Gasteiger partial charge in [-0.1, -0.05) is 30.8 Å². The lowest BCUT2D eigenvalue weighted by Crippen LogP contribution is -2.57. The van der Waals surface area contributed by atoms with E-state index in [0.717, 1.165) is 21.9 Å². The Kier molecular flexibility index (Phi) is 9.53. The number of carbonyl (C=O) groups is 2. The molecule has 0 aliphatic carbocycles. The number of aromatic nitrogens is 3. The number of fused-ring (bicyclic) bond motifs is 1. The molecule has 1 saturated heterocycles. The van der Waals surface area contributed by atoms with Crippen LogP contribution in [0.25, 0.3) is 11.0 Å². The standard InChI is InChI=1S/C30H35F3N6O4/c1-5-24(40)34-14-15-38(27(42)30(31,32)33)29(12-16-43-17-13-29)23-9-6-21(7-10-23)20(4)36-28-35-18-22-8-11-25(41)39(19(2)3)26(22)37-28/h5-11,18-20H,1,12-17H2,2-4H3,(H,34,40)(H,35,36,37)/t20-/m0/s1. The van der Waals surface area contributed by atoms with Crippen molar-refractivity contribution in [3.63, 3.8) is 0 Å². The fourth-order valence-electron chi connectivity index (χ4n) is 5.42. The summed E-state index contributed by atoms with van der Waals surface area (Å²) in [6.45, 7) is 8.83. The molecule has 0 radical (unpaired) electrons. The number of hydrogen-bond donors (Lipinski definition) is 2. The van der Waals surface area contributed by atoms with Crippen molar-refractivity contribution in [3.8, 4) is 0 Å². The van der Waals surface area contributed by atoms with E-state index in [0.29, 0.717) is 17.2 Å². The maximum atomic E-state index is 13.8. The molecule has 230 valence electrons. The van der Waals surface area contributed by atoms with Crippen molar-refractivity contribution < 1.29 is 27.5 Å². The van der Waals surface area contributed by atoms with Crippen molar-refractivity contribution in [2.24, 2.45) is 0 Å². The second-order valence-corrected chi connectivity index (χ2v) is 10.7. The minimum atomic E-state index is -5.10. The van der Waals surface area contributed by atoms with Gasteiger partial charge in [-0.2, -0.15) is 18.2 Å². The molecule has 1 aliphatic rings. The van der Waals surface area contributed by atoms with Crippen molar-refractivity contribution in [2.75, 3.05) is 31.6 Å². The van der Waals surface area contributed by atoms with Gasteiger partial charge in [-0.15, -0.1) is 0 Å². The van der Waals surface area contributed by atoms with Crippen LogP contribution in [0.15, 0.2) is 60.0 Å². The monoisotopic (exact) mass is 600 g/mol. The third-order valence-corrected chi connectivity index (χ3v) is 7.62. The van der Waals surface area contributed by atoms with Crippen LogP contribution in [0, 0.1) is 0 Å². The summed E-state index contributed by atoms with van der Waals surface area (Å²) in [6.07, 6.45) is -2.15. The van der Waals surface area contributed by atoms with Gasteiger partial charge in [0.1, 0.15) is 5.65 Å². The number of hydrogen-bond acceptors (Lipinski definition) is 7. The van der Waals surface area contributed by atoms with Gasteiger partial charge in [0.15, 0.2) is 0 Å². The number of nitrogens with zero attached hydrogens (tertiary/aromatic N) is 4. The van der Waals surface area contributed by atoms with Crippen LogP contribution in [0.4, 0.5) is 19.1 Å². The van der Waals surface area contributed by atoms with Gasteiger partial charge in [-0.25, -0.2) is 4.98 Å². The van der Waals surface area contributed by atoms with Crippen LogP contribution in [0.2, 0.25) is 0 Å². The lowest BCUT2D eigenvalue weighted by Gasteiger charge is -2.47. The Hall–Kier alpha value is -4.26. The fraction of sp³-hybridized carbons (Fsp3) is 0.433. The van der Waals surface area contributed by atoms with Gasteiger partial charge in [0.25, 0.3) is 5.56 Å². The molecule has 2 N–H and O–H groups in total. The first kappa shape index (κ1) is 31.7. The molecule has 1 aliphatic heterocycles. The Balaban J connectivity index is 1.62. The predicted molar refractivity (Wildman–Crippen MR) is 155 cm³/mol. The number of nitrogens with one attached hydrogen (secondary N) is 2. The minimum absolute atomic E-state index is 0.108. The molecule has 1 atom stereocenters. The summed E-state index contributed by atoms with van der Waals surface area (Å²) in [5.74, 6) is -2.21. The second-order valence-electron chi connectivity index (χ2n) is 10.7. The van der Waals surface area contributed by atoms with Gasteiger partial charge in [-0.3, -0.25) is 19.0 Å². The van der Waals surface area contributed by atoms with Crippen LogP contribution in [-0.4, -0.2) is 63.7 Å². The smallest absolute Gasteiger partial charge is 0.381 e. The number of amides is 2. The Morgan fingerprint density at radius 3 is 2.42 bits per heavy atom.